The quantitative estimate of drug-likeness (QED) is 0.594. The lowest BCUT2D eigenvalue weighted by molar-refractivity contribution is -0.145. The summed E-state index contributed by atoms with van der Waals surface area (Å²) in [7, 11) is -3.71. The standard InChI is InChI=1S/C10H11N3O3S.C6H10O3/c1-7-6-10(14)13(12-7)8-2-4-9(5-3-8)17(11,15)16;1-3-9-6(8)4-5(2)7/h2-5H,6H2,1H3,(H2,11,15,16);3-4H2,1-2H3. The molecule has 2 rings (SSSR count). The van der Waals surface area contributed by atoms with Crippen molar-refractivity contribution in [2.24, 2.45) is 10.2 Å². The van der Waals surface area contributed by atoms with Crippen LogP contribution in [0.15, 0.2) is 34.3 Å². The molecule has 142 valence electrons. The number of nitrogens with zero attached hydrogens (tertiary/aromatic N) is 2. The Balaban J connectivity index is 0.000000321. The maximum atomic E-state index is 11.5. The molecule has 0 aromatic heterocycles. The zero-order chi connectivity index (χ0) is 19.9. The number of benzene rings is 1. The van der Waals surface area contributed by atoms with E-state index in [4.69, 9.17) is 5.14 Å². The van der Waals surface area contributed by atoms with E-state index in [1.54, 1.807) is 13.8 Å². The second kappa shape index (κ2) is 9.20. The number of hydrogen-bond donors (Lipinski definition) is 1. The number of primary sulfonamides is 1. The molecule has 10 heteroatoms. The third-order valence-electron chi connectivity index (χ3n) is 3.02. The van der Waals surface area contributed by atoms with Crippen LogP contribution in [0.5, 0.6) is 0 Å². The highest BCUT2D eigenvalue weighted by atomic mass is 32.2. The summed E-state index contributed by atoms with van der Waals surface area (Å²) >= 11 is 0. The molecule has 0 saturated carbocycles. The van der Waals surface area contributed by atoms with Crippen LogP contribution in [0, 0.1) is 0 Å². The lowest BCUT2D eigenvalue weighted by Crippen LogP contribution is -2.19. The Bertz CT molecular complexity index is 815. The van der Waals surface area contributed by atoms with E-state index in [2.05, 4.69) is 9.84 Å². The second-order valence-corrected chi connectivity index (χ2v) is 7.00. The third-order valence-corrected chi connectivity index (χ3v) is 3.95. The lowest BCUT2D eigenvalue weighted by Gasteiger charge is -2.11. The number of carbonyl (C=O) groups is 3. The van der Waals surface area contributed by atoms with Gasteiger partial charge in [-0.25, -0.2) is 18.6 Å². The molecule has 1 heterocycles. The normalized spacial score (nSPS) is 13.6. The van der Waals surface area contributed by atoms with E-state index in [0.717, 1.165) is 5.71 Å². The summed E-state index contributed by atoms with van der Waals surface area (Å²) < 4.78 is 26.6. The van der Waals surface area contributed by atoms with Gasteiger partial charge in [0.25, 0.3) is 5.91 Å². The van der Waals surface area contributed by atoms with Gasteiger partial charge in [0.1, 0.15) is 12.2 Å². The summed E-state index contributed by atoms with van der Waals surface area (Å²) in [5, 5.41) is 10.3. The molecule has 1 amide bonds. The number of amides is 1. The molecule has 0 unspecified atom stereocenters. The molecule has 0 saturated heterocycles. The highest BCUT2D eigenvalue weighted by Crippen LogP contribution is 2.21. The number of hydrazone groups is 1. The van der Waals surface area contributed by atoms with E-state index in [1.807, 2.05) is 0 Å². The summed E-state index contributed by atoms with van der Waals surface area (Å²) in [4.78, 5) is 32.2. The van der Waals surface area contributed by atoms with E-state index >= 15 is 0 Å². The van der Waals surface area contributed by atoms with Gasteiger partial charge in [-0.3, -0.25) is 14.4 Å². The predicted octanol–water partition coefficient (Wildman–Crippen LogP) is 0.975. The first kappa shape index (κ1) is 21.5. The molecule has 9 nitrogen and oxygen atoms in total. The molecule has 2 N–H and O–H groups in total. The van der Waals surface area contributed by atoms with Crippen LogP contribution in [0.25, 0.3) is 0 Å². The van der Waals surface area contributed by atoms with Gasteiger partial charge in [0.05, 0.1) is 23.6 Å². The molecule has 0 aliphatic carbocycles. The molecule has 1 aromatic rings. The maximum Gasteiger partial charge on any atom is 0.313 e. The van der Waals surface area contributed by atoms with Crippen molar-refractivity contribution in [3.8, 4) is 0 Å². The van der Waals surface area contributed by atoms with Crippen molar-refractivity contribution in [3.05, 3.63) is 24.3 Å². The highest BCUT2D eigenvalue weighted by molar-refractivity contribution is 7.89. The molecule has 1 aliphatic rings. The smallest absolute Gasteiger partial charge is 0.313 e. The van der Waals surface area contributed by atoms with E-state index in [1.165, 1.54) is 36.2 Å². The van der Waals surface area contributed by atoms with Gasteiger partial charge < -0.3 is 4.74 Å². The Hall–Kier alpha value is -2.59. The lowest BCUT2D eigenvalue weighted by atomic mass is 10.3. The van der Waals surface area contributed by atoms with E-state index in [9.17, 15) is 22.8 Å². The van der Waals surface area contributed by atoms with Gasteiger partial charge >= 0.3 is 5.97 Å². The van der Waals surface area contributed by atoms with Crippen molar-refractivity contribution in [3.63, 3.8) is 0 Å². The minimum absolute atomic E-state index is 0.00796. The molecule has 0 spiro atoms. The van der Waals surface area contributed by atoms with Crippen LogP contribution >= 0.6 is 0 Å². The fourth-order valence-electron chi connectivity index (χ4n) is 1.95. The SMILES string of the molecule is CC1=NN(c2ccc(S(N)(=O)=O)cc2)C(=O)C1.CCOC(=O)CC(C)=O. The zero-order valence-electron chi connectivity index (χ0n) is 14.8. The highest BCUT2D eigenvalue weighted by Gasteiger charge is 2.22. The number of ketones is 1. The molecule has 0 atom stereocenters. The summed E-state index contributed by atoms with van der Waals surface area (Å²) in [6, 6.07) is 5.70. The molecule has 1 aromatic carbocycles. The van der Waals surface area contributed by atoms with Crippen LogP contribution in [-0.2, 0) is 29.1 Å². The van der Waals surface area contributed by atoms with Gasteiger partial charge in [-0.15, -0.1) is 0 Å². The molecular formula is C16H21N3O6S. The van der Waals surface area contributed by atoms with Gasteiger partial charge in [-0.05, 0) is 45.0 Å². The molecule has 1 aliphatic heterocycles. The van der Waals surface area contributed by atoms with Gasteiger partial charge in [0, 0.05) is 5.71 Å². The fourth-order valence-corrected chi connectivity index (χ4v) is 2.47. The first-order valence-electron chi connectivity index (χ1n) is 7.69. The van der Waals surface area contributed by atoms with Gasteiger partial charge in [-0.1, -0.05) is 0 Å². The number of ether oxygens (including phenoxy) is 1. The van der Waals surface area contributed by atoms with Crippen LogP contribution < -0.4 is 10.1 Å². The number of hydrogen-bond acceptors (Lipinski definition) is 7. The average molecular weight is 383 g/mol. The van der Waals surface area contributed by atoms with Crippen LogP contribution in [-0.4, -0.2) is 38.4 Å². The van der Waals surface area contributed by atoms with Crippen molar-refractivity contribution in [1.82, 2.24) is 0 Å². The number of Topliss-reactive ketones (excluding diaryl/α,β-unsaturated/α-hetero) is 1. The van der Waals surface area contributed by atoms with E-state index in [-0.39, 0.29) is 29.4 Å². The number of carbonyl (C=O) groups excluding carboxylic acids is 3. The molecule has 0 fully saturated rings. The van der Waals surface area contributed by atoms with Gasteiger partial charge in [0.2, 0.25) is 10.0 Å². The van der Waals surface area contributed by atoms with Crippen molar-refractivity contribution in [2.75, 3.05) is 11.6 Å². The molecule has 26 heavy (non-hydrogen) atoms. The maximum absolute atomic E-state index is 11.5. The molecule has 0 bridgehead atoms. The van der Waals surface area contributed by atoms with Crippen molar-refractivity contribution in [2.45, 2.75) is 38.5 Å². The van der Waals surface area contributed by atoms with E-state index in [0.29, 0.717) is 12.3 Å². The Morgan fingerprint density at radius 1 is 1.27 bits per heavy atom. The average Bonchev–Trinajstić information content (AvgIpc) is 2.85. The largest absolute Gasteiger partial charge is 0.466 e. The third kappa shape index (κ3) is 6.73. The van der Waals surface area contributed by atoms with Crippen molar-refractivity contribution >= 4 is 39.1 Å². The summed E-state index contributed by atoms with van der Waals surface area (Å²) in [6.07, 6.45) is 0.185. The molecule has 0 radical (unpaired) electrons. The van der Waals surface area contributed by atoms with Gasteiger partial charge in [0.15, 0.2) is 0 Å². The van der Waals surface area contributed by atoms with Crippen molar-refractivity contribution < 1.29 is 27.5 Å². The Morgan fingerprint density at radius 3 is 2.23 bits per heavy atom. The summed E-state index contributed by atoms with van der Waals surface area (Å²) in [5.74, 6) is -0.732. The minimum atomic E-state index is -3.71. The number of anilines is 1. The predicted molar refractivity (Wildman–Crippen MR) is 95.0 cm³/mol. The monoisotopic (exact) mass is 383 g/mol. The van der Waals surface area contributed by atoms with Crippen LogP contribution in [0.1, 0.15) is 33.6 Å². The Labute approximate surface area is 151 Å². The number of esters is 1. The van der Waals surface area contributed by atoms with Crippen molar-refractivity contribution in [1.29, 1.82) is 0 Å². The van der Waals surface area contributed by atoms with Crippen LogP contribution in [0.3, 0.4) is 0 Å². The summed E-state index contributed by atoms with van der Waals surface area (Å²) in [5.41, 5.74) is 1.25. The Kier molecular flexibility index (Phi) is 7.59. The second-order valence-electron chi connectivity index (χ2n) is 5.44. The van der Waals surface area contributed by atoms with Crippen LogP contribution in [0.4, 0.5) is 5.69 Å². The molecular weight excluding hydrogens is 362 g/mol. The van der Waals surface area contributed by atoms with E-state index < -0.39 is 16.0 Å². The topological polar surface area (TPSA) is 136 Å². The summed E-state index contributed by atoms with van der Waals surface area (Å²) in [6.45, 7) is 5.16. The number of nitrogens with two attached hydrogens (primary N) is 1. The Morgan fingerprint density at radius 2 is 1.85 bits per heavy atom. The number of sulfonamides is 1. The zero-order valence-corrected chi connectivity index (χ0v) is 15.6. The minimum Gasteiger partial charge on any atom is -0.466 e. The van der Waals surface area contributed by atoms with Gasteiger partial charge in [-0.2, -0.15) is 5.10 Å². The first-order valence-corrected chi connectivity index (χ1v) is 9.24. The van der Waals surface area contributed by atoms with Crippen LogP contribution in [0.2, 0.25) is 0 Å². The fraction of sp³-hybridized carbons (Fsp3) is 0.375. The first-order chi connectivity index (χ1) is 12.0. The number of rotatable bonds is 5.